The molecule has 0 aliphatic rings. The molecule has 0 saturated carbocycles. The third-order valence-corrected chi connectivity index (χ3v) is 4.85. The first-order valence-corrected chi connectivity index (χ1v) is 10.0. The molecule has 0 aromatic heterocycles. The molecule has 1 nitrogen and oxygen atoms in total. The van der Waals surface area contributed by atoms with Crippen LogP contribution in [-0.4, -0.2) is 5.78 Å². The molecule has 25 heavy (non-hydrogen) atoms. The van der Waals surface area contributed by atoms with Gasteiger partial charge in [0.25, 0.3) is 0 Å². The summed E-state index contributed by atoms with van der Waals surface area (Å²) in [7, 11) is 0. The Kier molecular flexibility index (Phi) is 9.04. The standard InChI is InChI=1S/C24H32O/c1-2-3-4-5-6-7-8-9-11-16-21-17-14-15-20-23(21)24(25)22-18-12-10-13-19-22/h10,12-15,17-20H,2-9,11,16H2,1H3. The summed E-state index contributed by atoms with van der Waals surface area (Å²) < 4.78 is 0. The lowest BCUT2D eigenvalue weighted by atomic mass is 9.95. The van der Waals surface area contributed by atoms with E-state index in [2.05, 4.69) is 13.0 Å². The van der Waals surface area contributed by atoms with E-state index in [0.717, 1.165) is 17.5 Å². The summed E-state index contributed by atoms with van der Waals surface area (Å²) in [4.78, 5) is 12.7. The number of rotatable bonds is 12. The summed E-state index contributed by atoms with van der Waals surface area (Å²) in [6.45, 7) is 2.26. The molecule has 0 fully saturated rings. The predicted molar refractivity (Wildman–Crippen MR) is 107 cm³/mol. The van der Waals surface area contributed by atoms with Crippen LogP contribution in [0.3, 0.4) is 0 Å². The van der Waals surface area contributed by atoms with Crippen LogP contribution >= 0.6 is 0 Å². The maximum Gasteiger partial charge on any atom is 0.193 e. The Hall–Kier alpha value is -1.89. The van der Waals surface area contributed by atoms with Crippen molar-refractivity contribution in [2.75, 3.05) is 0 Å². The molecule has 134 valence electrons. The Labute approximate surface area is 153 Å². The van der Waals surface area contributed by atoms with Crippen molar-refractivity contribution in [3.05, 3.63) is 71.3 Å². The Morgan fingerprint density at radius 1 is 0.680 bits per heavy atom. The summed E-state index contributed by atoms with van der Waals surface area (Å²) in [5.74, 6) is 0.145. The highest BCUT2D eigenvalue weighted by Crippen LogP contribution is 2.18. The topological polar surface area (TPSA) is 17.1 Å². The van der Waals surface area contributed by atoms with Gasteiger partial charge in [-0.2, -0.15) is 0 Å². The van der Waals surface area contributed by atoms with Crippen molar-refractivity contribution < 1.29 is 4.79 Å². The lowest BCUT2D eigenvalue weighted by Gasteiger charge is -2.09. The van der Waals surface area contributed by atoms with Crippen molar-refractivity contribution in [1.82, 2.24) is 0 Å². The summed E-state index contributed by atoms with van der Waals surface area (Å²) in [6.07, 6.45) is 13.0. The molecule has 0 unspecified atom stereocenters. The number of carbonyl (C=O) groups is 1. The quantitative estimate of drug-likeness (QED) is 0.301. The van der Waals surface area contributed by atoms with Crippen LogP contribution in [0.1, 0.15) is 86.2 Å². The molecule has 0 N–H and O–H groups in total. The van der Waals surface area contributed by atoms with Crippen molar-refractivity contribution in [1.29, 1.82) is 0 Å². The fourth-order valence-electron chi connectivity index (χ4n) is 3.33. The number of carbonyl (C=O) groups excluding carboxylic acids is 1. The van der Waals surface area contributed by atoms with Gasteiger partial charge in [-0.25, -0.2) is 0 Å². The van der Waals surface area contributed by atoms with E-state index in [0.29, 0.717) is 0 Å². The third kappa shape index (κ3) is 6.86. The number of aryl methyl sites for hydroxylation is 1. The minimum Gasteiger partial charge on any atom is -0.289 e. The molecular formula is C24H32O. The van der Waals surface area contributed by atoms with Crippen LogP contribution in [0.25, 0.3) is 0 Å². The van der Waals surface area contributed by atoms with E-state index in [1.807, 2.05) is 48.5 Å². The van der Waals surface area contributed by atoms with Gasteiger partial charge >= 0.3 is 0 Å². The van der Waals surface area contributed by atoms with Gasteiger partial charge < -0.3 is 0 Å². The average molecular weight is 337 g/mol. The lowest BCUT2D eigenvalue weighted by molar-refractivity contribution is 0.103. The monoisotopic (exact) mass is 336 g/mol. The first kappa shape index (κ1) is 19.4. The average Bonchev–Trinajstić information content (AvgIpc) is 2.67. The molecule has 0 amide bonds. The normalized spacial score (nSPS) is 10.8. The van der Waals surface area contributed by atoms with Crippen molar-refractivity contribution in [2.24, 2.45) is 0 Å². The fraction of sp³-hybridized carbons (Fsp3) is 0.458. The molecular weight excluding hydrogens is 304 g/mol. The number of unbranched alkanes of at least 4 members (excludes halogenated alkanes) is 8. The molecule has 0 spiro atoms. The second-order valence-electron chi connectivity index (χ2n) is 6.93. The van der Waals surface area contributed by atoms with Crippen LogP contribution in [0.5, 0.6) is 0 Å². The summed E-state index contributed by atoms with van der Waals surface area (Å²) >= 11 is 0. The van der Waals surface area contributed by atoms with Gasteiger partial charge in [-0.05, 0) is 18.4 Å². The van der Waals surface area contributed by atoms with E-state index in [1.165, 1.54) is 63.4 Å². The van der Waals surface area contributed by atoms with Gasteiger partial charge in [-0.15, -0.1) is 0 Å². The smallest absolute Gasteiger partial charge is 0.193 e. The van der Waals surface area contributed by atoms with Crippen LogP contribution in [0.15, 0.2) is 54.6 Å². The van der Waals surface area contributed by atoms with Gasteiger partial charge in [0.15, 0.2) is 5.78 Å². The maximum atomic E-state index is 12.7. The molecule has 0 aliphatic carbocycles. The molecule has 2 rings (SSSR count). The molecule has 1 heteroatoms. The third-order valence-electron chi connectivity index (χ3n) is 4.85. The number of ketones is 1. The van der Waals surface area contributed by atoms with Crippen LogP contribution in [-0.2, 0) is 6.42 Å². The van der Waals surface area contributed by atoms with E-state index in [1.54, 1.807) is 0 Å². The first-order valence-electron chi connectivity index (χ1n) is 10.0. The largest absolute Gasteiger partial charge is 0.289 e. The number of benzene rings is 2. The molecule has 0 saturated heterocycles. The Balaban J connectivity index is 1.76. The second kappa shape index (κ2) is 11.6. The summed E-state index contributed by atoms with van der Waals surface area (Å²) in [6, 6.07) is 17.7. The highest BCUT2D eigenvalue weighted by molar-refractivity contribution is 6.09. The van der Waals surface area contributed by atoms with Gasteiger partial charge in [-0.1, -0.05) is 113 Å². The zero-order valence-corrected chi connectivity index (χ0v) is 15.7. The van der Waals surface area contributed by atoms with Gasteiger partial charge in [0.2, 0.25) is 0 Å². The SMILES string of the molecule is CCCCCCCCCCCc1ccccc1C(=O)c1ccccc1. The van der Waals surface area contributed by atoms with E-state index in [4.69, 9.17) is 0 Å². The van der Waals surface area contributed by atoms with Crippen LogP contribution in [0.2, 0.25) is 0 Å². The van der Waals surface area contributed by atoms with E-state index >= 15 is 0 Å². The fourth-order valence-corrected chi connectivity index (χ4v) is 3.33. The minimum absolute atomic E-state index is 0.145. The molecule has 0 heterocycles. The Bertz CT molecular complexity index is 615. The first-order chi connectivity index (χ1) is 12.3. The molecule has 0 radical (unpaired) electrons. The Morgan fingerprint density at radius 2 is 1.24 bits per heavy atom. The zero-order valence-electron chi connectivity index (χ0n) is 15.7. The maximum absolute atomic E-state index is 12.7. The van der Waals surface area contributed by atoms with Crippen molar-refractivity contribution in [3.8, 4) is 0 Å². The molecule has 0 atom stereocenters. The highest BCUT2D eigenvalue weighted by atomic mass is 16.1. The van der Waals surface area contributed by atoms with E-state index < -0.39 is 0 Å². The van der Waals surface area contributed by atoms with E-state index in [9.17, 15) is 4.79 Å². The van der Waals surface area contributed by atoms with E-state index in [-0.39, 0.29) is 5.78 Å². The van der Waals surface area contributed by atoms with Gasteiger partial charge in [-0.3, -0.25) is 4.79 Å². The molecule has 0 aliphatic heterocycles. The molecule has 2 aromatic rings. The predicted octanol–water partition coefficient (Wildman–Crippen LogP) is 6.99. The molecule has 2 aromatic carbocycles. The minimum atomic E-state index is 0.145. The zero-order chi connectivity index (χ0) is 17.7. The lowest BCUT2D eigenvalue weighted by Crippen LogP contribution is -2.05. The number of hydrogen-bond donors (Lipinski definition) is 0. The van der Waals surface area contributed by atoms with Crippen LogP contribution in [0.4, 0.5) is 0 Å². The van der Waals surface area contributed by atoms with Gasteiger partial charge in [0.1, 0.15) is 0 Å². The number of hydrogen-bond acceptors (Lipinski definition) is 1. The van der Waals surface area contributed by atoms with Gasteiger partial charge in [0, 0.05) is 11.1 Å². The van der Waals surface area contributed by atoms with Crippen molar-refractivity contribution >= 4 is 5.78 Å². The molecule has 0 bridgehead atoms. The van der Waals surface area contributed by atoms with Crippen LogP contribution in [0, 0.1) is 0 Å². The summed E-state index contributed by atoms with van der Waals surface area (Å²) in [5.41, 5.74) is 2.84. The second-order valence-corrected chi connectivity index (χ2v) is 6.93. The van der Waals surface area contributed by atoms with Crippen LogP contribution < -0.4 is 0 Å². The van der Waals surface area contributed by atoms with Gasteiger partial charge in [0.05, 0.1) is 0 Å². The highest BCUT2D eigenvalue weighted by Gasteiger charge is 2.12. The Morgan fingerprint density at radius 3 is 1.92 bits per heavy atom. The van der Waals surface area contributed by atoms with Crippen molar-refractivity contribution in [2.45, 2.75) is 71.1 Å². The summed E-state index contributed by atoms with van der Waals surface area (Å²) in [5, 5.41) is 0. The van der Waals surface area contributed by atoms with Crippen molar-refractivity contribution in [3.63, 3.8) is 0 Å².